The van der Waals surface area contributed by atoms with E-state index < -0.39 is 10.0 Å². The number of carbonyl (C=O) groups is 1. The molecule has 1 fully saturated rings. The molecule has 8 heteroatoms. The third-order valence-electron chi connectivity index (χ3n) is 6.23. The van der Waals surface area contributed by atoms with Gasteiger partial charge in [0.05, 0.1) is 10.6 Å². The summed E-state index contributed by atoms with van der Waals surface area (Å²) in [6.07, 6.45) is 5.75. The number of halogens is 1. The van der Waals surface area contributed by atoms with E-state index in [0.29, 0.717) is 23.3 Å². The van der Waals surface area contributed by atoms with Crippen molar-refractivity contribution < 1.29 is 13.2 Å². The third kappa shape index (κ3) is 6.71. The van der Waals surface area contributed by atoms with Gasteiger partial charge in [-0.05, 0) is 69.0 Å². The van der Waals surface area contributed by atoms with Crippen molar-refractivity contribution in [1.82, 2.24) is 10.2 Å². The van der Waals surface area contributed by atoms with E-state index in [0.717, 1.165) is 35.8 Å². The highest BCUT2D eigenvalue weighted by Gasteiger charge is 2.27. The van der Waals surface area contributed by atoms with Crippen molar-refractivity contribution in [2.45, 2.75) is 56.9 Å². The topological polar surface area (TPSA) is 69.7 Å². The lowest BCUT2D eigenvalue weighted by Crippen LogP contribution is -2.43. The number of hydrogen-bond donors (Lipinski definition) is 1. The van der Waals surface area contributed by atoms with Gasteiger partial charge in [-0.3, -0.25) is 9.10 Å². The Kier molecular flexibility index (Phi) is 9.18. The average molecular weight is 492 g/mol. The molecule has 3 rings (SSSR count). The fraction of sp³-hybridized carbons (Fsp3) is 0.480. The molecule has 1 amide bonds. The number of carbonyl (C=O) groups excluding carboxylic acids is 1. The molecule has 0 aliphatic carbocycles. The van der Waals surface area contributed by atoms with Gasteiger partial charge in [-0.15, -0.1) is 0 Å². The molecule has 1 N–H and O–H groups in total. The molecule has 1 aliphatic heterocycles. The van der Waals surface area contributed by atoms with Gasteiger partial charge in [0.1, 0.15) is 6.54 Å². The summed E-state index contributed by atoms with van der Waals surface area (Å²) < 4.78 is 27.9. The number of nitrogens with one attached hydrogen (secondary N) is 1. The van der Waals surface area contributed by atoms with Gasteiger partial charge < -0.3 is 10.2 Å². The Morgan fingerprint density at radius 3 is 2.64 bits per heavy atom. The van der Waals surface area contributed by atoms with Crippen molar-refractivity contribution in [2.75, 3.05) is 30.5 Å². The van der Waals surface area contributed by atoms with E-state index in [1.165, 1.54) is 31.4 Å². The van der Waals surface area contributed by atoms with Crippen LogP contribution < -0.4 is 9.62 Å². The molecule has 1 unspecified atom stereocenters. The first-order valence-corrected chi connectivity index (χ1v) is 13.5. The Bertz CT molecular complexity index is 1030. The van der Waals surface area contributed by atoms with Crippen LogP contribution in [0.2, 0.25) is 5.02 Å². The zero-order valence-electron chi connectivity index (χ0n) is 19.5. The number of benzene rings is 2. The van der Waals surface area contributed by atoms with E-state index in [2.05, 4.69) is 17.1 Å². The standard InChI is InChI=1S/C25H34ClN3O3S/c1-3-21-10-7-8-16-28(21)17-9-15-27-25(30)19-29(22-14-13-20(2)24(26)18-22)33(31,32)23-11-5-4-6-12-23/h4-6,11-14,18,21H,3,7-10,15-17,19H2,1-2H3,(H,27,30). The minimum Gasteiger partial charge on any atom is -0.354 e. The lowest BCUT2D eigenvalue weighted by atomic mass is 10.00. The minimum atomic E-state index is -3.93. The number of sulfonamides is 1. The van der Waals surface area contributed by atoms with Crippen molar-refractivity contribution in [2.24, 2.45) is 0 Å². The van der Waals surface area contributed by atoms with E-state index in [4.69, 9.17) is 11.6 Å². The lowest BCUT2D eigenvalue weighted by molar-refractivity contribution is -0.119. The van der Waals surface area contributed by atoms with Crippen molar-refractivity contribution in [3.63, 3.8) is 0 Å². The summed E-state index contributed by atoms with van der Waals surface area (Å²) in [6, 6.07) is 13.8. The van der Waals surface area contributed by atoms with Crippen LogP contribution in [0.5, 0.6) is 0 Å². The number of likely N-dealkylation sites (tertiary alicyclic amines) is 1. The number of amides is 1. The number of piperidine rings is 1. The van der Waals surface area contributed by atoms with Crippen molar-refractivity contribution in [3.05, 3.63) is 59.1 Å². The fourth-order valence-corrected chi connectivity index (χ4v) is 5.89. The molecule has 2 aromatic carbocycles. The molecule has 0 saturated carbocycles. The second kappa shape index (κ2) is 11.9. The summed E-state index contributed by atoms with van der Waals surface area (Å²) in [5.74, 6) is -0.336. The Morgan fingerprint density at radius 1 is 1.18 bits per heavy atom. The molecule has 0 spiro atoms. The summed E-state index contributed by atoms with van der Waals surface area (Å²) in [5, 5.41) is 3.35. The molecule has 0 aromatic heterocycles. The van der Waals surface area contributed by atoms with Gasteiger partial charge in [-0.1, -0.05) is 49.2 Å². The number of nitrogens with zero attached hydrogens (tertiary/aromatic N) is 2. The van der Waals surface area contributed by atoms with Crippen LogP contribution in [0, 0.1) is 6.92 Å². The second-order valence-corrected chi connectivity index (χ2v) is 10.8. The van der Waals surface area contributed by atoms with E-state index in [1.807, 2.05) is 6.92 Å². The van der Waals surface area contributed by atoms with Gasteiger partial charge in [-0.2, -0.15) is 0 Å². The monoisotopic (exact) mass is 491 g/mol. The molecule has 6 nitrogen and oxygen atoms in total. The van der Waals surface area contributed by atoms with Gasteiger partial charge in [0.2, 0.25) is 5.91 Å². The molecule has 1 saturated heterocycles. The number of rotatable bonds is 10. The maximum absolute atomic E-state index is 13.4. The van der Waals surface area contributed by atoms with Gasteiger partial charge in [0, 0.05) is 24.2 Å². The first kappa shape index (κ1) is 25.5. The smallest absolute Gasteiger partial charge is 0.264 e. The fourth-order valence-electron chi connectivity index (χ4n) is 4.28. The Labute approximate surface area is 203 Å². The summed E-state index contributed by atoms with van der Waals surface area (Å²) in [4.78, 5) is 15.4. The van der Waals surface area contributed by atoms with E-state index in [1.54, 1.807) is 36.4 Å². The normalized spacial score (nSPS) is 17.0. The maximum Gasteiger partial charge on any atom is 0.264 e. The van der Waals surface area contributed by atoms with Gasteiger partial charge >= 0.3 is 0 Å². The highest BCUT2D eigenvalue weighted by molar-refractivity contribution is 7.92. The Balaban J connectivity index is 1.67. The first-order valence-electron chi connectivity index (χ1n) is 11.7. The van der Waals surface area contributed by atoms with Crippen molar-refractivity contribution in [1.29, 1.82) is 0 Å². The van der Waals surface area contributed by atoms with Gasteiger partial charge in [-0.25, -0.2) is 8.42 Å². The Hall–Kier alpha value is -2.09. The van der Waals surface area contributed by atoms with Gasteiger partial charge in [0.25, 0.3) is 10.0 Å². The van der Waals surface area contributed by atoms with E-state index in [9.17, 15) is 13.2 Å². The SMILES string of the molecule is CCC1CCCCN1CCCNC(=O)CN(c1ccc(C)c(Cl)c1)S(=O)(=O)c1ccccc1. The molecule has 2 aromatic rings. The molecule has 0 bridgehead atoms. The molecule has 180 valence electrons. The van der Waals surface area contributed by atoms with Crippen LogP contribution in [0.3, 0.4) is 0 Å². The predicted molar refractivity (Wildman–Crippen MR) is 134 cm³/mol. The van der Waals surface area contributed by atoms with Crippen LogP contribution >= 0.6 is 11.6 Å². The molecule has 1 heterocycles. The van der Waals surface area contributed by atoms with E-state index in [-0.39, 0.29) is 17.3 Å². The molecular weight excluding hydrogens is 458 g/mol. The molecule has 1 aliphatic rings. The highest BCUT2D eigenvalue weighted by Crippen LogP contribution is 2.28. The van der Waals surface area contributed by atoms with Crippen LogP contribution in [0.15, 0.2) is 53.4 Å². The summed E-state index contributed by atoms with van der Waals surface area (Å²) in [5.41, 5.74) is 1.20. The first-order chi connectivity index (χ1) is 15.8. The third-order valence-corrected chi connectivity index (χ3v) is 8.42. The van der Waals surface area contributed by atoms with Crippen molar-refractivity contribution in [3.8, 4) is 0 Å². The Morgan fingerprint density at radius 2 is 1.94 bits per heavy atom. The van der Waals surface area contributed by atoms with Crippen molar-refractivity contribution >= 4 is 33.2 Å². The molecule has 0 radical (unpaired) electrons. The van der Waals surface area contributed by atoms with Crippen LogP contribution in [0.25, 0.3) is 0 Å². The van der Waals surface area contributed by atoms with Crippen LogP contribution in [0.4, 0.5) is 5.69 Å². The molecular formula is C25H34ClN3O3S. The molecule has 33 heavy (non-hydrogen) atoms. The zero-order chi connectivity index (χ0) is 23.8. The lowest BCUT2D eigenvalue weighted by Gasteiger charge is -2.35. The zero-order valence-corrected chi connectivity index (χ0v) is 21.0. The molecule has 1 atom stereocenters. The number of hydrogen-bond acceptors (Lipinski definition) is 4. The number of aryl methyl sites for hydroxylation is 1. The maximum atomic E-state index is 13.4. The number of anilines is 1. The summed E-state index contributed by atoms with van der Waals surface area (Å²) in [6.45, 7) is 6.34. The van der Waals surface area contributed by atoms with Crippen LogP contribution in [-0.4, -0.2) is 51.4 Å². The summed E-state index contributed by atoms with van der Waals surface area (Å²) >= 11 is 6.26. The quantitative estimate of drug-likeness (QED) is 0.492. The second-order valence-electron chi connectivity index (χ2n) is 8.56. The van der Waals surface area contributed by atoms with Crippen LogP contribution in [0.1, 0.15) is 44.6 Å². The van der Waals surface area contributed by atoms with Crippen LogP contribution in [-0.2, 0) is 14.8 Å². The largest absolute Gasteiger partial charge is 0.354 e. The minimum absolute atomic E-state index is 0.130. The highest BCUT2D eigenvalue weighted by atomic mass is 35.5. The van der Waals surface area contributed by atoms with E-state index >= 15 is 0 Å². The summed E-state index contributed by atoms with van der Waals surface area (Å²) in [7, 11) is -3.93. The average Bonchev–Trinajstić information content (AvgIpc) is 2.83. The van der Waals surface area contributed by atoms with Gasteiger partial charge in [0.15, 0.2) is 0 Å². The predicted octanol–water partition coefficient (Wildman–Crippen LogP) is 4.61.